The van der Waals surface area contributed by atoms with Crippen LogP contribution in [0, 0.1) is 0 Å². The molecular formula is C15H20N4O3S. The topological polar surface area (TPSA) is 82.2 Å². The standard InChI is InChI=1S/C15H20N4O3S/c1-19-14(10-3-5-16-6-4-10)17-18-15(19)23-9-11-7-12(20)13(21-2)8-22-11/h7-8,10,16H,3-6,9H2,1-2H3. The van der Waals surface area contributed by atoms with E-state index in [0.717, 1.165) is 36.9 Å². The van der Waals surface area contributed by atoms with Crippen LogP contribution >= 0.6 is 11.8 Å². The summed E-state index contributed by atoms with van der Waals surface area (Å²) in [6.07, 6.45) is 3.52. The Morgan fingerprint density at radius 1 is 1.43 bits per heavy atom. The highest BCUT2D eigenvalue weighted by Crippen LogP contribution is 2.27. The maximum absolute atomic E-state index is 11.7. The van der Waals surface area contributed by atoms with Gasteiger partial charge in [-0.2, -0.15) is 0 Å². The number of hydrogen-bond acceptors (Lipinski definition) is 7. The van der Waals surface area contributed by atoms with Gasteiger partial charge in [0.25, 0.3) is 0 Å². The van der Waals surface area contributed by atoms with Crippen molar-refractivity contribution in [3.63, 3.8) is 0 Å². The minimum Gasteiger partial charge on any atom is -0.490 e. The third-order valence-electron chi connectivity index (χ3n) is 3.99. The van der Waals surface area contributed by atoms with Gasteiger partial charge in [-0.3, -0.25) is 4.79 Å². The van der Waals surface area contributed by atoms with E-state index in [4.69, 9.17) is 9.15 Å². The summed E-state index contributed by atoms with van der Waals surface area (Å²) >= 11 is 1.51. The van der Waals surface area contributed by atoms with Gasteiger partial charge in [-0.15, -0.1) is 10.2 Å². The van der Waals surface area contributed by atoms with E-state index in [0.29, 0.717) is 17.4 Å². The number of nitrogens with zero attached hydrogens (tertiary/aromatic N) is 3. The van der Waals surface area contributed by atoms with Crippen molar-refractivity contribution in [1.29, 1.82) is 0 Å². The lowest BCUT2D eigenvalue weighted by Crippen LogP contribution is -2.27. The minimum absolute atomic E-state index is 0.178. The minimum atomic E-state index is -0.178. The average molecular weight is 336 g/mol. The van der Waals surface area contributed by atoms with Gasteiger partial charge in [-0.25, -0.2) is 0 Å². The molecule has 0 aliphatic carbocycles. The van der Waals surface area contributed by atoms with E-state index >= 15 is 0 Å². The van der Waals surface area contributed by atoms with Crippen LogP contribution in [0.15, 0.2) is 26.7 Å². The Bertz CT molecular complexity index is 722. The fraction of sp³-hybridized carbons (Fsp3) is 0.533. The van der Waals surface area contributed by atoms with E-state index in [1.807, 2.05) is 11.6 Å². The van der Waals surface area contributed by atoms with Gasteiger partial charge in [0.15, 0.2) is 5.16 Å². The van der Waals surface area contributed by atoms with Gasteiger partial charge >= 0.3 is 0 Å². The van der Waals surface area contributed by atoms with Crippen LogP contribution in [0.5, 0.6) is 5.75 Å². The number of aromatic nitrogens is 3. The van der Waals surface area contributed by atoms with Crippen molar-refractivity contribution in [3.8, 4) is 5.75 Å². The van der Waals surface area contributed by atoms with E-state index in [-0.39, 0.29) is 11.2 Å². The van der Waals surface area contributed by atoms with Gasteiger partial charge in [0.2, 0.25) is 11.2 Å². The van der Waals surface area contributed by atoms with E-state index in [1.54, 1.807) is 0 Å². The molecule has 0 bridgehead atoms. The second-order valence-electron chi connectivity index (χ2n) is 5.49. The molecule has 124 valence electrons. The lowest BCUT2D eigenvalue weighted by atomic mass is 9.97. The van der Waals surface area contributed by atoms with E-state index < -0.39 is 0 Å². The number of rotatable bonds is 5. The first kappa shape index (κ1) is 16.1. The first-order valence-electron chi connectivity index (χ1n) is 7.57. The lowest BCUT2D eigenvalue weighted by Gasteiger charge is -2.21. The molecule has 0 spiro atoms. The summed E-state index contributed by atoms with van der Waals surface area (Å²) in [5, 5.41) is 12.8. The van der Waals surface area contributed by atoms with Crippen LogP contribution in [0.4, 0.5) is 0 Å². The van der Waals surface area contributed by atoms with Gasteiger partial charge < -0.3 is 19.0 Å². The quantitative estimate of drug-likeness (QED) is 0.829. The first-order chi connectivity index (χ1) is 11.2. The smallest absolute Gasteiger partial charge is 0.227 e. The predicted octanol–water partition coefficient (Wildman–Crippen LogP) is 1.54. The Balaban J connectivity index is 1.68. The van der Waals surface area contributed by atoms with E-state index in [9.17, 15) is 4.79 Å². The number of piperidine rings is 1. The number of ether oxygens (including phenoxy) is 1. The molecule has 1 N–H and O–H groups in total. The molecule has 23 heavy (non-hydrogen) atoms. The predicted molar refractivity (Wildman–Crippen MR) is 86.9 cm³/mol. The molecule has 0 radical (unpaired) electrons. The fourth-order valence-corrected chi connectivity index (χ4v) is 3.49. The summed E-state index contributed by atoms with van der Waals surface area (Å²) in [7, 11) is 3.44. The molecule has 0 aromatic carbocycles. The molecule has 7 nitrogen and oxygen atoms in total. The van der Waals surface area contributed by atoms with Gasteiger partial charge in [-0.1, -0.05) is 11.8 Å². The normalized spacial score (nSPS) is 15.7. The van der Waals surface area contributed by atoms with E-state index in [1.165, 1.54) is 31.2 Å². The Morgan fingerprint density at radius 2 is 2.22 bits per heavy atom. The van der Waals surface area contributed by atoms with Crippen molar-refractivity contribution >= 4 is 11.8 Å². The molecule has 1 saturated heterocycles. The van der Waals surface area contributed by atoms with E-state index in [2.05, 4.69) is 15.5 Å². The van der Waals surface area contributed by atoms with Crippen LogP contribution < -0.4 is 15.5 Å². The maximum atomic E-state index is 11.7. The third-order valence-corrected chi connectivity index (χ3v) is 5.03. The number of thioether (sulfide) groups is 1. The molecule has 0 amide bonds. The van der Waals surface area contributed by atoms with Crippen molar-refractivity contribution in [2.24, 2.45) is 7.05 Å². The van der Waals surface area contributed by atoms with Crippen molar-refractivity contribution < 1.29 is 9.15 Å². The van der Waals surface area contributed by atoms with Crippen molar-refractivity contribution in [2.75, 3.05) is 20.2 Å². The highest BCUT2D eigenvalue weighted by atomic mass is 32.2. The molecule has 0 saturated carbocycles. The summed E-state index contributed by atoms with van der Waals surface area (Å²) in [4.78, 5) is 11.7. The second kappa shape index (κ2) is 7.18. The van der Waals surface area contributed by atoms with Crippen molar-refractivity contribution in [2.45, 2.75) is 29.7 Å². The average Bonchev–Trinajstić information content (AvgIpc) is 2.94. The zero-order chi connectivity index (χ0) is 16.2. The molecule has 0 unspecified atom stereocenters. The van der Waals surface area contributed by atoms with Crippen LogP contribution in [0.3, 0.4) is 0 Å². The van der Waals surface area contributed by atoms with Crippen LogP contribution in [-0.2, 0) is 12.8 Å². The summed E-state index contributed by atoms with van der Waals surface area (Å²) in [5.41, 5.74) is -0.178. The fourth-order valence-electron chi connectivity index (χ4n) is 2.69. The number of methoxy groups -OCH3 is 1. The highest BCUT2D eigenvalue weighted by molar-refractivity contribution is 7.98. The van der Waals surface area contributed by atoms with Gasteiger partial charge in [-0.05, 0) is 25.9 Å². The largest absolute Gasteiger partial charge is 0.490 e. The lowest BCUT2D eigenvalue weighted by molar-refractivity contribution is 0.381. The van der Waals surface area contributed by atoms with Gasteiger partial charge in [0.05, 0.1) is 12.9 Å². The summed E-state index contributed by atoms with van der Waals surface area (Å²) in [6, 6.07) is 1.45. The molecule has 1 aliphatic rings. The Labute approximate surface area is 138 Å². The van der Waals surface area contributed by atoms with Crippen molar-refractivity contribution in [3.05, 3.63) is 34.1 Å². The second-order valence-corrected chi connectivity index (χ2v) is 6.43. The van der Waals surface area contributed by atoms with Crippen molar-refractivity contribution in [1.82, 2.24) is 20.1 Å². The summed E-state index contributed by atoms with van der Waals surface area (Å²) in [6.45, 7) is 2.05. The Morgan fingerprint density at radius 3 is 2.91 bits per heavy atom. The SMILES string of the molecule is COc1coc(CSc2nnc(C3CCNCC3)n2C)cc1=O. The Kier molecular flexibility index (Phi) is 5.02. The Hall–Kier alpha value is -1.80. The molecule has 1 fully saturated rings. The molecule has 3 heterocycles. The number of nitrogens with one attached hydrogen (secondary N) is 1. The molecule has 8 heteroatoms. The molecule has 1 aliphatic heterocycles. The maximum Gasteiger partial charge on any atom is 0.227 e. The van der Waals surface area contributed by atoms with Gasteiger partial charge in [0, 0.05) is 19.0 Å². The third kappa shape index (κ3) is 3.59. The van der Waals surface area contributed by atoms with Crippen LogP contribution in [-0.4, -0.2) is 35.0 Å². The molecule has 0 atom stereocenters. The molecule has 3 rings (SSSR count). The van der Waals surface area contributed by atoms with Crippen LogP contribution in [0.25, 0.3) is 0 Å². The first-order valence-corrected chi connectivity index (χ1v) is 8.56. The molecule has 2 aromatic rings. The summed E-state index contributed by atoms with van der Waals surface area (Å²) < 4.78 is 12.4. The number of hydrogen-bond donors (Lipinski definition) is 1. The zero-order valence-corrected chi connectivity index (χ0v) is 14.1. The monoisotopic (exact) mass is 336 g/mol. The van der Waals surface area contributed by atoms with Crippen LogP contribution in [0.2, 0.25) is 0 Å². The highest BCUT2D eigenvalue weighted by Gasteiger charge is 2.21. The zero-order valence-electron chi connectivity index (χ0n) is 13.2. The summed E-state index contributed by atoms with van der Waals surface area (Å²) in [5.74, 6) is 2.82. The molecular weight excluding hydrogens is 316 g/mol. The van der Waals surface area contributed by atoms with Gasteiger partial charge in [0.1, 0.15) is 17.8 Å². The molecule has 2 aromatic heterocycles. The van der Waals surface area contributed by atoms with Crippen LogP contribution in [0.1, 0.15) is 30.3 Å².